The Labute approximate surface area is 106 Å². The fourth-order valence-electron chi connectivity index (χ4n) is 1.93. The van der Waals surface area contributed by atoms with Gasteiger partial charge in [0.15, 0.2) is 5.65 Å². The molecule has 0 bridgehead atoms. The van der Waals surface area contributed by atoms with Crippen LogP contribution in [0.2, 0.25) is 0 Å². The summed E-state index contributed by atoms with van der Waals surface area (Å²) in [4.78, 5) is 3.93. The van der Waals surface area contributed by atoms with Crippen molar-refractivity contribution in [3.05, 3.63) is 5.69 Å². The van der Waals surface area contributed by atoms with Gasteiger partial charge in [-0.3, -0.25) is 9.25 Å². The van der Waals surface area contributed by atoms with E-state index in [9.17, 15) is 17.6 Å². The minimum Gasteiger partial charge on any atom is -0.369 e. The van der Waals surface area contributed by atoms with Gasteiger partial charge in [0.1, 0.15) is 5.52 Å². The highest BCUT2D eigenvalue weighted by molar-refractivity contribution is 5.77. The van der Waals surface area contributed by atoms with Crippen LogP contribution in [-0.4, -0.2) is 31.7 Å². The number of nitrogens with two attached hydrogens (primary N) is 1. The highest BCUT2D eigenvalue weighted by Crippen LogP contribution is 2.29. The van der Waals surface area contributed by atoms with E-state index in [1.54, 1.807) is 0 Å². The maximum Gasteiger partial charge on any atom is 0.325 e. The number of aryl methyl sites for hydroxylation is 2. The monoisotopic (exact) mass is 279 g/mol. The summed E-state index contributed by atoms with van der Waals surface area (Å²) < 4.78 is 53.0. The molecule has 2 heterocycles. The quantitative estimate of drug-likeness (QED) is 0.868. The molecule has 2 aromatic rings. The zero-order chi connectivity index (χ0) is 14.4. The Morgan fingerprint density at radius 2 is 2.00 bits per heavy atom. The lowest BCUT2D eigenvalue weighted by atomic mass is 10.3. The van der Waals surface area contributed by atoms with Crippen LogP contribution in [0.25, 0.3) is 11.2 Å². The van der Waals surface area contributed by atoms with Crippen LogP contribution in [0.3, 0.4) is 0 Å². The summed E-state index contributed by atoms with van der Waals surface area (Å²) in [6, 6.07) is 0. The highest BCUT2D eigenvalue weighted by Gasteiger charge is 2.42. The molecule has 2 aromatic heterocycles. The fourth-order valence-corrected chi connectivity index (χ4v) is 1.93. The molecule has 19 heavy (non-hydrogen) atoms. The largest absolute Gasteiger partial charge is 0.369 e. The number of fused-ring (bicyclic) bond motifs is 1. The number of imidazole rings is 1. The van der Waals surface area contributed by atoms with E-state index in [4.69, 9.17) is 5.73 Å². The van der Waals surface area contributed by atoms with Crippen LogP contribution in [0.15, 0.2) is 0 Å². The predicted octanol–water partition coefficient (Wildman–Crippen LogP) is 1.81. The summed E-state index contributed by atoms with van der Waals surface area (Å²) in [5, 5.41) is 4.09. The Balaban J connectivity index is 2.55. The lowest BCUT2D eigenvalue weighted by molar-refractivity contribution is -0.137. The molecule has 2 rings (SSSR count). The minimum atomic E-state index is -4.17. The fraction of sp³-hybridized carbons (Fsp3) is 0.600. The topological polar surface area (TPSA) is 61.7 Å². The molecule has 5 nitrogen and oxygen atoms in total. The molecule has 0 saturated heterocycles. The average molecular weight is 279 g/mol. The van der Waals surface area contributed by atoms with Crippen LogP contribution >= 0.6 is 0 Å². The first-order valence-electron chi connectivity index (χ1n) is 5.61. The van der Waals surface area contributed by atoms with Gasteiger partial charge >= 0.3 is 12.3 Å². The second-order valence-electron chi connectivity index (χ2n) is 4.21. The van der Waals surface area contributed by atoms with Crippen LogP contribution in [0.4, 0.5) is 23.5 Å². The average Bonchev–Trinajstić information content (AvgIpc) is 2.78. The van der Waals surface area contributed by atoms with Gasteiger partial charge in [0.25, 0.3) is 0 Å². The Hall–Kier alpha value is -1.80. The molecule has 106 valence electrons. The number of aromatic nitrogens is 4. The summed E-state index contributed by atoms with van der Waals surface area (Å²) in [5.74, 6) is -4.39. The van der Waals surface area contributed by atoms with Gasteiger partial charge in [-0.25, -0.2) is 13.8 Å². The Bertz CT molecular complexity index is 601. The highest BCUT2D eigenvalue weighted by atomic mass is 19.3. The van der Waals surface area contributed by atoms with Crippen molar-refractivity contribution in [1.29, 1.82) is 0 Å². The van der Waals surface area contributed by atoms with Crippen molar-refractivity contribution >= 4 is 17.1 Å². The number of anilines is 1. The van der Waals surface area contributed by atoms with Crippen molar-refractivity contribution in [1.82, 2.24) is 19.3 Å². The Morgan fingerprint density at radius 3 is 2.53 bits per heavy atom. The number of hydrogen-bond donors (Lipinski definition) is 1. The number of nitrogen functional groups attached to an aromatic ring is 1. The Kier molecular flexibility index (Phi) is 3.15. The first-order valence-corrected chi connectivity index (χ1v) is 5.61. The number of hydrogen-bond acceptors (Lipinski definition) is 3. The lowest BCUT2D eigenvalue weighted by Crippen LogP contribution is -2.32. The van der Waals surface area contributed by atoms with Crippen LogP contribution in [0.5, 0.6) is 0 Å². The van der Waals surface area contributed by atoms with Crippen LogP contribution in [-0.2, 0) is 20.0 Å². The molecule has 0 aliphatic rings. The van der Waals surface area contributed by atoms with Gasteiger partial charge in [0, 0.05) is 7.05 Å². The third kappa shape index (κ3) is 2.13. The van der Waals surface area contributed by atoms with Gasteiger partial charge in [-0.1, -0.05) is 6.92 Å². The predicted molar refractivity (Wildman–Crippen MR) is 61.2 cm³/mol. The van der Waals surface area contributed by atoms with Gasteiger partial charge in [-0.2, -0.15) is 13.9 Å². The number of rotatable bonds is 4. The smallest absolute Gasteiger partial charge is 0.325 e. The van der Waals surface area contributed by atoms with Crippen LogP contribution in [0.1, 0.15) is 12.6 Å². The maximum atomic E-state index is 13.2. The molecule has 0 fully saturated rings. The van der Waals surface area contributed by atoms with Gasteiger partial charge in [-0.15, -0.1) is 0 Å². The third-order valence-corrected chi connectivity index (χ3v) is 2.84. The van der Waals surface area contributed by atoms with E-state index in [2.05, 4.69) is 10.1 Å². The number of halogens is 4. The summed E-state index contributed by atoms with van der Waals surface area (Å²) in [6.07, 6.45) is -3.22. The van der Waals surface area contributed by atoms with Gasteiger partial charge in [0.05, 0.1) is 12.2 Å². The molecule has 9 heteroatoms. The second-order valence-corrected chi connectivity index (χ2v) is 4.21. The maximum absolute atomic E-state index is 13.2. The number of nitrogens with zero attached hydrogens (tertiary/aromatic N) is 4. The SMILES string of the molecule is CCc1nn(C)c2c1nc(N)n2CC(F)(F)C(F)F. The van der Waals surface area contributed by atoms with Crippen molar-refractivity contribution < 1.29 is 17.6 Å². The molecule has 0 radical (unpaired) electrons. The summed E-state index contributed by atoms with van der Waals surface area (Å²) >= 11 is 0. The molecule has 0 spiro atoms. The van der Waals surface area contributed by atoms with Crippen LogP contribution < -0.4 is 5.73 Å². The molecule has 0 aliphatic carbocycles. The second kappa shape index (κ2) is 4.39. The van der Waals surface area contributed by atoms with E-state index in [0.717, 1.165) is 4.57 Å². The van der Waals surface area contributed by atoms with E-state index in [0.29, 0.717) is 17.6 Å². The Morgan fingerprint density at radius 1 is 1.37 bits per heavy atom. The minimum absolute atomic E-state index is 0.217. The molecule has 2 N–H and O–H groups in total. The molecule has 0 aliphatic heterocycles. The van der Waals surface area contributed by atoms with E-state index >= 15 is 0 Å². The standard InChI is InChI=1S/C10H13F4N5/c1-3-5-6-7(18(2)17-5)19(9(15)16-6)4-10(13,14)8(11)12/h8H,3-4H2,1-2H3,(H2,15,16). The summed E-state index contributed by atoms with van der Waals surface area (Å²) in [6.45, 7) is 0.598. The van der Waals surface area contributed by atoms with E-state index < -0.39 is 18.9 Å². The first kappa shape index (κ1) is 13.6. The normalized spacial score (nSPS) is 12.8. The van der Waals surface area contributed by atoms with Crippen molar-refractivity contribution in [2.45, 2.75) is 32.2 Å². The summed E-state index contributed by atoms with van der Waals surface area (Å²) in [7, 11) is 1.53. The van der Waals surface area contributed by atoms with Crippen molar-refractivity contribution in [3.63, 3.8) is 0 Å². The molecule has 0 saturated carbocycles. The zero-order valence-corrected chi connectivity index (χ0v) is 10.4. The van der Waals surface area contributed by atoms with Crippen molar-refractivity contribution in [2.75, 3.05) is 5.73 Å². The van der Waals surface area contributed by atoms with Crippen LogP contribution in [0, 0.1) is 0 Å². The third-order valence-electron chi connectivity index (χ3n) is 2.84. The van der Waals surface area contributed by atoms with Crippen molar-refractivity contribution in [3.8, 4) is 0 Å². The lowest BCUT2D eigenvalue weighted by Gasteiger charge is -2.16. The molecule has 0 aromatic carbocycles. The van der Waals surface area contributed by atoms with Gasteiger partial charge in [0.2, 0.25) is 5.95 Å². The number of alkyl halides is 4. The van der Waals surface area contributed by atoms with E-state index in [1.165, 1.54) is 11.7 Å². The molecular weight excluding hydrogens is 266 g/mol. The van der Waals surface area contributed by atoms with Gasteiger partial charge < -0.3 is 5.73 Å². The van der Waals surface area contributed by atoms with Gasteiger partial charge in [-0.05, 0) is 6.42 Å². The molecule has 0 unspecified atom stereocenters. The molecule has 0 amide bonds. The van der Waals surface area contributed by atoms with Crippen molar-refractivity contribution in [2.24, 2.45) is 7.05 Å². The van der Waals surface area contributed by atoms with E-state index in [1.807, 2.05) is 6.92 Å². The zero-order valence-electron chi connectivity index (χ0n) is 10.4. The summed E-state index contributed by atoms with van der Waals surface area (Å²) in [5.41, 5.74) is 6.70. The van der Waals surface area contributed by atoms with E-state index in [-0.39, 0.29) is 11.6 Å². The molecular formula is C10H13F4N5. The first-order chi connectivity index (χ1) is 8.77. The molecule has 0 atom stereocenters.